The van der Waals surface area contributed by atoms with Gasteiger partial charge in [0, 0.05) is 5.92 Å². The SMILES string of the molecule is CCOC(=O)C#Cc1cccnc1[N+](=O)[O-]. The van der Waals surface area contributed by atoms with Crippen molar-refractivity contribution in [3.05, 3.63) is 34.0 Å². The number of hydrogen-bond acceptors (Lipinski definition) is 5. The molecule has 0 radical (unpaired) electrons. The second-order valence-corrected chi connectivity index (χ2v) is 2.60. The van der Waals surface area contributed by atoms with Gasteiger partial charge in [-0.1, -0.05) is 0 Å². The summed E-state index contributed by atoms with van der Waals surface area (Å²) < 4.78 is 4.56. The number of ether oxygens (including phenoxy) is 1. The van der Waals surface area contributed by atoms with Crippen LogP contribution in [-0.4, -0.2) is 22.5 Å². The summed E-state index contributed by atoms with van der Waals surface area (Å²) in [6.45, 7) is 1.86. The average Bonchev–Trinajstić information content (AvgIpc) is 2.27. The molecule has 0 fully saturated rings. The highest BCUT2D eigenvalue weighted by molar-refractivity contribution is 5.89. The van der Waals surface area contributed by atoms with Gasteiger partial charge in [0.1, 0.15) is 11.8 Å². The largest absolute Gasteiger partial charge is 0.456 e. The molecule has 0 aliphatic rings. The van der Waals surface area contributed by atoms with Crippen LogP contribution in [0, 0.1) is 22.0 Å². The first-order valence-corrected chi connectivity index (χ1v) is 4.43. The van der Waals surface area contributed by atoms with E-state index in [-0.39, 0.29) is 18.0 Å². The van der Waals surface area contributed by atoms with Crippen molar-refractivity contribution in [3.8, 4) is 11.8 Å². The first kappa shape index (κ1) is 11.7. The monoisotopic (exact) mass is 220 g/mol. The van der Waals surface area contributed by atoms with Gasteiger partial charge in [-0.15, -0.1) is 0 Å². The molecule has 1 rings (SSSR count). The predicted molar refractivity (Wildman–Crippen MR) is 54.4 cm³/mol. The molecular weight excluding hydrogens is 212 g/mol. The number of esters is 1. The Morgan fingerprint density at radius 2 is 2.44 bits per heavy atom. The van der Waals surface area contributed by atoms with Gasteiger partial charge in [-0.2, -0.15) is 0 Å². The topological polar surface area (TPSA) is 82.3 Å². The number of hydrogen-bond donors (Lipinski definition) is 0. The third-order valence-electron chi connectivity index (χ3n) is 1.53. The summed E-state index contributed by atoms with van der Waals surface area (Å²) in [5.74, 6) is 3.39. The number of nitrogens with zero attached hydrogens (tertiary/aromatic N) is 2. The zero-order chi connectivity index (χ0) is 12.0. The molecule has 82 valence electrons. The van der Waals surface area contributed by atoms with Crippen molar-refractivity contribution in [1.29, 1.82) is 0 Å². The molecule has 0 aromatic carbocycles. The summed E-state index contributed by atoms with van der Waals surface area (Å²) in [4.78, 5) is 24.4. The fourth-order valence-electron chi connectivity index (χ4n) is 0.926. The van der Waals surface area contributed by atoms with Gasteiger partial charge in [-0.3, -0.25) is 0 Å². The number of rotatable bonds is 2. The van der Waals surface area contributed by atoms with E-state index in [0.29, 0.717) is 0 Å². The Hall–Kier alpha value is -2.42. The molecule has 1 heterocycles. The highest BCUT2D eigenvalue weighted by Crippen LogP contribution is 2.11. The Morgan fingerprint density at radius 1 is 1.69 bits per heavy atom. The minimum absolute atomic E-state index is 0.0838. The molecule has 6 heteroatoms. The van der Waals surface area contributed by atoms with E-state index in [1.165, 1.54) is 18.3 Å². The van der Waals surface area contributed by atoms with E-state index in [2.05, 4.69) is 21.6 Å². The van der Waals surface area contributed by atoms with Gasteiger partial charge >= 0.3 is 11.8 Å². The molecule has 1 aromatic heterocycles. The van der Waals surface area contributed by atoms with Crippen LogP contribution < -0.4 is 0 Å². The predicted octanol–water partition coefficient (Wildman–Crippen LogP) is 0.904. The van der Waals surface area contributed by atoms with Gasteiger partial charge in [0.2, 0.25) is 0 Å². The van der Waals surface area contributed by atoms with E-state index in [9.17, 15) is 14.9 Å². The van der Waals surface area contributed by atoms with Crippen LogP contribution in [0.1, 0.15) is 12.5 Å². The van der Waals surface area contributed by atoms with Crippen molar-refractivity contribution in [2.75, 3.05) is 6.61 Å². The number of carbonyl (C=O) groups is 1. The second-order valence-electron chi connectivity index (χ2n) is 2.60. The summed E-state index contributed by atoms with van der Waals surface area (Å²) in [5, 5.41) is 10.6. The first-order chi connectivity index (χ1) is 7.65. The molecular formula is C10H8N2O4. The maximum absolute atomic E-state index is 10.9. The maximum Gasteiger partial charge on any atom is 0.384 e. The van der Waals surface area contributed by atoms with Crippen molar-refractivity contribution in [2.24, 2.45) is 0 Å². The van der Waals surface area contributed by atoms with Crippen LogP contribution in [0.2, 0.25) is 0 Å². The van der Waals surface area contributed by atoms with Crippen LogP contribution in [-0.2, 0) is 9.53 Å². The summed E-state index contributed by atoms with van der Waals surface area (Å²) in [6.07, 6.45) is 1.29. The molecule has 0 aliphatic heterocycles. The smallest absolute Gasteiger partial charge is 0.384 e. The van der Waals surface area contributed by atoms with Gasteiger partial charge in [-0.25, -0.2) is 4.79 Å². The third kappa shape index (κ3) is 3.06. The molecule has 0 saturated carbocycles. The zero-order valence-electron chi connectivity index (χ0n) is 8.47. The van der Waals surface area contributed by atoms with Crippen LogP contribution in [0.25, 0.3) is 0 Å². The van der Waals surface area contributed by atoms with Crippen molar-refractivity contribution in [3.63, 3.8) is 0 Å². The van der Waals surface area contributed by atoms with Gasteiger partial charge in [0.15, 0.2) is 0 Å². The van der Waals surface area contributed by atoms with Gasteiger partial charge in [0.25, 0.3) is 0 Å². The molecule has 6 nitrogen and oxygen atoms in total. The summed E-state index contributed by atoms with van der Waals surface area (Å²) >= 11 is 0. The molecule has 0 saturated heterocycles. The van der Waals surface area contributed by atoms with E-state index in [0.717, 1.165) is 0 Å². The first-order valence-electron chi connectivity index (χ1n) is 4.43. The van der Waals surface area contributed by atoms with Gasteiger partial charge in [-0.05, 0) is 34.9 Å². The zero-order valence-corrected chi connectivity index (χ0v) is 8.47. The number of pyridine rings is 1. The molecule has 0 spiro atoms. The van der Waals surface area contributed by atoms with E-state index >= 15 is 0 Å². The average molecular weight is 220 g/mol. The molecule has 0 aliphatic carbocycles. The third-order valence-corrected chi connectivity index (χ3v) is 1.53. The van der Waals surface area contributed by atoms with Crippen LogP contribution in [0.5, 0.6) is 0 Å². The molecule has 0 N–H and O–H groups in total. The minimum Gasteiger partial charge on any atom is -0.456 e. The fourth-order valence-corrected chi connectivity index (χ4v) is 0.926. The molecule has 0 atom stereocenters. The molecule has 0 amide bonds. The summed E-state index contributed by atoms with van der Waals surface area (Å²) in [5.41, 5.74) is 0.0838. The van der Waals surface area contributed by atoms with Crippen molar-refractivity contribution >= 4 is 11.8 Å². The number of carbonyl (C=O) groups excluding carboxylic acids is 1. The lowest BCUT2D eigenvalue weighted by Crippen LogP contribution is -2.00. The lowest BCUT2D eigenvalue weighted by atomic mass is 10.2. The lowest BCUT2D eigenvalue weighted by Gasteiger charge is -1.94. The summed E-state index contributed by atoms with van der Waals surface area (Å²) in [6, 6.07) is 2.92. The Labute approximate surface area is 91.4 Å². The van der Waals surface area contributed by atoms with Crippen LogP contribution in [0.15, 0.2) is 18.3 Å². The standard InChI is InChI=1S/C10H8N2O4/c1-2-16-9(13)6-5-8-4-3-7-11-10(8)12(14)15/h3-4,7H,2H2,1H3. The van der Waals surface area contributed by atoms with Crippen LogP contribution in [0.3, 0.4) is 0 Å². The van der Waals surface area contributed by atoms with Crippen LogP contribution in [0.4, 0.5) is 5.82 Å². The highest BCUT2D eigenvalue weighted by atomic mass is 16.6. The highest BCUT2D eigenvalue weighted by Gasteiger charge is 2.11. The Balaban J connectivity index is 2.96. The van der Waals surface area contributed by atoms with Gasteiger partial charge < -0.3 is 14.9 Å². The number of aromatic nitrogens is 1. The maximum atomic E-state index is 10.9. The van der Waals surface area contributed by atoms with Gasteiger partial charge in [0.05, 0.1) is 6.61 Å². The summed E-state index contributed by atoms with van der Waals surface area (Å²) in [7, 11) is 0. The van der Waals surface area contributed by atoms with Crippen molar-refractivity contribution in [2.45, 2.75) is 6.92 Å². The van der Waals surface area contributed by atoms with E-state index < -0.39 is 10.9 Å². The Morgan fingerprint density at radius 3 is 3.06 bits per heavy atom. The normalized spacial score (nSPS) is 8.81. The lowest BCUT2D eigenvalue weighted by molar-refractivity contribution is -0.389. The fraction of sp³-hybridized carbons (Fsp3) is 0.200. The van der Waals surface area contributed by atoms with E-state index in [1.54, 1.807) is 6.92 Å². The second kappa shape index (κ2) is 5.46. The van der Waals surface area contributed by atoms with Crippen molar-refractivity contribution in [1.82, 2.24) is 4.98 Å². The molecule has 0 unspecified atom stereocenters. The van der Waals surface area contributed by atoms with E-state index in [1.807, 2.05) is 0 Å². The number of nitro groups is 1. The quantitative estimate of drug-likeness (QED) is 0.320. The van der Waals surface area contributed by atoms with Crippen molar-refractivity contribution < 1.29 is 14.5 Å². The molecule has 0 bridgehead atoms. The van der Waals surface area contributed by atoms with Crippen LogP contribution >= 0.6 is 0 Å². The minimum atomic E-state index is -0.722. The Bertz CT molecular complexity index is 473. The molecule has 1 aromatic rings. The Kier molecular flexibility index (Phi) is 3.98. The van der Waals surface area contributed by atoms with E-state index in [4.69, 9.17) is 0 Å². The molecule has 16 heavy (non-hydrogen) atoms.